The first-order chi connectivity index (χ1) is 15.3. The Morgan fingerprint density at radius 1 is 1.03 bits per heavy atom. The predicted molar refractivity (Wildman–Crippen MR) is 118 cm³/mol. The summed E-state index contributed by atoms with van der Waals surface area (Å²) in [6, 6.07) is 15.3. The average molecular weight is 434 g/mol. The number of benzene rings is 2. The number of H-pyrrole nitrogens is 1. The molecular weight excluding hydrogens is 412 g/mol. The number of fused-ring (bicyclic) bond motifs is 1. The molecule has 4 rings (SSSR count). The van der Waals surface area contributed by atoms with E-state index in [0.29, 0.717) is 17.1 Å². The van der Waals surface area contributed by atoms with E-state index in [0.717, 1.165) is 20.7 Å². The lowest BCUT2D eigenvalue weighted by Gasteiger charge is -2.32. The van der Waals surface area contributed by atoms with Gasteiger partial charge in [0.15, 0.2) is 0 Å². The van der Waals surface area contributed by atoms with Gasteiger partial charge in [0.05, 0.1) is 12.1 Å². The highest BCUT2D eigenvalue weighted by molar-refractivity contribution is 6.19. The van der Waals surface area contributed by atoms with Crippen LogP contribution in [0.2, 0.25) is 0 Å². The molecule has 0 spiro atoms. The number of urea groups is 1. The molecule has 9 heteroatoms. The van der Waals surface area contributed by atoms with Crippen LogP contribution < -0.4 is 10.2 Å². The van der Waals surface area contributed by atoms with Crippen LogP contribution in [0, 0.1) is 0 Å². The molecule has 1 aliphatic rings. The topological polar surface area (TPSA) is 123 Å². The van der Waals surface area contributed by atoms with Gasteiger partial charge in [-0.2, -0.15) is 0 Å². The molecule has 3 aromatic rings. The highest BCUT2D eigenvalue weighted by Crippen LogP contribution is 2.34. The fraction of sp³-hybridized carbons (Fsp3) is 0.217. The number of aromatic amines is 1. The molecule has 1 aliphatic heterocycles. The highest BCUT2D eigenvalue weighted by atomic mass is 16.4. The number of para-hydroxylation sites is 2. The summed E-state index contributed by atoms with van der Waals surface area (Å²) in [5, 5.41) is 12.8. The van der Waals surface area contributed by atoms with E-state index in [2.05, 4.69) is 10.3 Å². The highest BCUT2D eigenvalue weighted by Gasteiger charge is 2.35. The number of piperazine rings is 1. The van der Waals surface area contributed by atoms with Gasteiger partial charge in [-0.25, -0.2) is 9.69 Å². The molecular formula is C23H22N4O5. The summed E-state index contributed by atoms with van der Waals surface area (Å²) in [5.41, 5.74) is 1.87. The second-order valence-electron chi connectivity index (χ2n) is 7.70. The fourth-order valence-corrected chi connectivity index (χ4v) is 4.00. The van der Waals surface area contributed by atoms with Gasteiger partial charge < -0.3 is 15.0 Å². The van der Waals surface area contributed by atoms with Crippen molar-refractivity contribution < 1.29 is 24.3 Å². The van der Waals surface area contributed by atoms with Crippen molar-refractivity contribution in [3.63, 3.8) is 0 Å². The molecule has 0 bridgehead atoms. The number of rotatable bonds is 5. The van der Waals surface area contributed by atoms with E-state index < -0.39 is 23.8 Å². The summed E-state index contributed by atoms with van der Waals surface area (Å²) >= 11 is 0. The normalized spacial score (nSPS) is 15.2. The first-order valence-corrected chi connectivity index (χ1v) is 10.1. The van der Waals surface area contributed by atoms with E-state index >= 15 is 0 Å². The van der Waals surface area contributed by atoms with Crippen LogP contribution in [-0.2, 0) is 14.4 Å². The summed E-state index contributed by atoms with van der Waals surface area (Å²) in [6.45, 7) is 1.25. The van der Waals surface area contributed by atoms with Crippen molar-refractivity contribution in [3.05, 3.63) is 60.2 Å². The number of anilines is 2. The van der Waals surface area contributed by atoms with Crippen LogP contribution in [0.25, 0.3) is 10.9 Å². The van der Waals surface area contributed by atoms with Crippen LogP contribution in [0.1, 0.15) is 24.8 Å². The van der Waals surface area contributed by atoms with Gasteiger partial charge in [0.1, 0.15) is 18.9 Å². The van der Waals surface area contributed by atoms with Gasteiger partial charge in [-0.05, 0) is 24.1 Å². The second kappa shape index (κ2) is 8.54. The summed E-state index contributed by atoms with van der Waals surface area (Å²) < 4.78 is 0. The van der Waals surface area contributed by atoms with Gasteiger partial charge in [-0.15, -0.1) is 0 Å². The standard InChI is InChI=1S/C23H22N4O5/c1-14(11-20(30)31)21-16-9-5-6-10-17(16)24-22(21)25-23(32)26-12-18(28)27(19(29)13-26)15-7-3-2-4-8-15/h2-10,14,24H,11-13H2,1H3,(H,25,32)(H,30,31). The molecule has 164 valence electrons. The van der Waals surface area contributed by atoms with Crippen molar-refractivity contribution in [1.29, 1.82) is 0 Å². The third-order valence-corrected chi connectivity index (χ3v) is 5.40. The molecule has 32 heavy (non-hydrogen) atoms. The number of hydrogen-bond acceptors (Lipinski definition) is 4. The molecule has 0 aliphatic carbocycles. The van der Waals surface area contributed by atoms with Gasteiger partial charge in [0.2, 0.25) is 0 Å². The Bertz CT molecular complexity index is 1190. The van der Waals surface area contributed by atoms with Crippen LogP contribution in [0.4, 0.5) is 16.3 Å². The minimum atomic E-state index is -0.951. The van der Waals surface area contributed by atoms with Crippen molar-refractivity contribution in [2.24, 2.45) is 0 Å². The molecule has 3 N–H and O–H groups in total. The van der Waals surface area contributed by atoms with Crippen LogP contribution in [0.3, 0.4) is 0 Å². The van der Waals surface area contributed by atoms with Crippen LogP contribution in [0.15, 0.2) is 54.6 Å². The van der Waals surface area contributed by atoms with E-state index in [1.54, 1.807) is 37.3 Å². The Kier molecular flexibility index (Phi) is 5.63. The fourth-order valence-electron chi connectivity index (χ4n) is 4.00. The largest absolute Gasteiger partial charge is 0.481 e. The van der Waals surface area contributed by atoms with Crippen LogP contribution in [-0.4, -0.2) is 51.9 Å². The molecule has 1 fully saturated rings. The molecule has 2 heterocycles. The van der Waals surface area contributed by atoms with Gasteiger partial charge in [0.25, 0.3) is 11.8 Å². The Morgan fingerprint density at radius 2 is 1.66 bits per heavy atom. The maximum absolute atomic E-state index is 12.9. The Hall–Kier alpha value is -4.14. The molecule has 1 aromatic heterocycles. The number of imide groups is 1. The van der Waals surface area contributed by atoms with E-state index in [1.807, 2.05) is 24.3 Å². The lowest BCUT2D eigenvalue weighted by molar-refractivity contribution is -0.137. The van der Waals surface area contributed by atoms with Gasteiger partial charge in [0, 0.05) is 16.5 Å². The quantitative estimate of drug-likeness (QED) is 0.533. The molecule has 0 radical (unpaired) electrons. The third-order valence-electron chi connectivity index (χ3n) is 5.40. The number of carboxylic acids is 1. The third kappa shape index (κ3) is 4.04. The average Bonchev–Trinajstić information content (AvgIpc) is 3.11. The number of aromatic nitrogens is 1. The number of aliphatic carboxylic acids is 1. The number of carbonyl (C=O) groups excluding carboxylic acids is 3. The summed E-state index contributed by atoms with van der Waals surface area (Å²) in [7, 11) is 0. The smallest absolute Gasteiger partial charge is 0.323 e. The zero-order valence-corrected chi connectivity index (χ0v) is 17.4. The van der Waals surface area contributed by atoms with Crippen molar-refractivity contribution in [2.75, 3.05) is 23.3 Å². The van der Waals surface area contributed by atoms with Crippen molar-refractivity contribution >= 4 is 46.2 Å². The van der Waals surface area contributed by atoms with Gasteiger partial charge >= 0.3 is 12.0 Å². The molecule has 0 saturated carbocycles. The van der Waals surface area contributed by atoms with Crippen LogP contribution in [0.5, 0.6) is 0 Å². The Labute approximate surface area is 183 Å². The number of carbonyl (C=O) groups is 4. The van der Waals surface area contributed by atoms with E-state index in [4.69, 9.17) is 0 Å². The van der Waals surface area contributed by atoms with Gasteiger partial charge in [-0.3, -0.25) is 19.7 Å². The number of nitrogens with one attached hydrogen (secondary N) is 2. The minimum absolute atomic E-state index is 0.114. The molecule has 1 saturated heterocycles. The number of nitrogens with zero attached hydrogens (tertiary/aromatic N) is 2. The summed E-state index contributed by atoms with van der Waals surface area (Å²) in [5.74, 6) is -1.97. The number of hydrogen-bond donors (Lipinski definition) is 3. The zero-order chi connectivity index (χ0) is 22.8. The maximum Gasteiger partial charge on any atom is 0.323 e. The monoisotopic (exact) mass is 434 g/mol. The molecule has 9 nitrogen and oxygen atoms in total. The van der Waals surface area contributed by atoms with Crippen molar-refractivity contribution in [1.82, 2.24) is 9.88 Å². The molecule has 4 amide bonds. The molecule has 1 unspecified atom stereocenters. The van der Waals surface area contributed by atoms with Crippen LogP contribution >= 0.6 is 0 Å². The molecule has 2 aromatic carbocycles. The predicted octanol–water partition coefficient (Wildman–Crippen LogP) is 3.15. The SMILES string of the molecule is CC(CC(=O)O)c1c(NC(=O)N2CC(=O)N(c3ccccc3)C(=O)C2)[nH]c2ccccc12. The lowest BCUT2D eigenvalue weighted by Crippen LogP contribution is -2.56. The Balaban J connectivity index is 1.56. The lowest BCUT2D eigenvalue weighted by atomic mass is 9.96. The van der Waals surface area contributed by atoms with Crippen molar-refractivity contribution in [2.45, 2.75) is 19.3 Å². The summed E-state index contributed by atoms with van der Waals surface area (Å²) in [4.78, 5) is 54.8. The summed E-state index contributed by atoms with van der Waals surface area (Å²) in [6.07, 6.45) is -0.114. The van der Waals surface area contributed by atoms with Crippen molar-refractivity contribution in [3.8, 4) is 0 Å². The van der Waals surface area contributed by atoms with E-state index in [1.165, 1.54) is 0 Å². The van der Waals surface area contributed by atoms with E-state index in [-0.39, 0.29) is 25.4 Å². The van der Waals surface area contributed by atoms with E-state index in [9.17, 15) is 24.3 Å². The first kappa shape index (κ1) is 21.1. The zero-order valence-electron chi connectivity index (χ0n) is 17.4. The van der Waals surface area contributed by atoms with Gasteiger partial charge in [-0.1, -0.05) is 43.3 Å². The number of amides is 4. The Morgan fingerprint density at radius 3 is 2.31 bits per heavy atom. The minimum Gasteiger partial charge on any atom is -0.481 e. The maximum atomic E-state index is 12.9. The molecule has 1 atom stereocenters. The number of carboxylic acid groups (broad SMARTS) is 1. The second-order valence-corrected chi connectivity index (χ2v) is 7.70. The first-order valence-electron chi connectivity index (χ1n) is 10.1.